The maximum Gasteiger partial charge on any atom is 0.262 e. The zero-order chi connectivity index (χ0) is 26.3. The number of nitrogens with zero attached hydrogens (tertiary/aromatic N) is 3. The number of sulfonamides is 1. The van der Waals surface area contributed by atoms with Gasteiger partial charge in [0.05, 0.1) is 10.7 Å². The van der Waals surface area contributed by atoms with Gasteiger partial charge in [0.2, 0.25) is 15.9 Å². The number of piperazine rings is 1. The Morgan fingerprint density at radius 1 is 1.11 bits per heavy atom. The summed E-state index contributed by atoms with van der Waals surface area (Å²) in [4.78, 5) is 29.1. The molecule has 0 saturated carbocycles. The van der Waals surface area contributed by atoms with Gasteiger partial charge in [0.25, 0.3) is 5.91 Å². The molecule has 37 heavy (non-hydrogen) atoms. The molecule has 0 radical (unpaired) electrons. The second-order valence-electron chi connectivity index (χ2n) is 9.96. The Kier molecular flexibility index (Phi) is 7.08. The third kappa shape index (κ3) is 5.15. The number of hydrogen-bond donors (Lipinski definition) is 1. The van der Waals surface area contributed by atoms with Gasteiger partial charge < -0.3 is 19.9 Å². The molecule has 0 spiro atoms. The van der Waals surface area contributed by atoms with Crippen molar-refractivity contribution in [3.05, 3.63) is 47.0 Å². The number of nitrogens with one attached hydrogen (secondary N) is 1. The summed E-state index contributed by atoms with van der Waals surface area (Å²) >= 11 is 6.29. The van der Waals surface area contributed by atoms with E-state index in [-0.39, 0.29) is 59.1 Å². The number of rotatable bonds is 4. The van der Waals surface area contributed by atoms with E-state index in [4.69, 9.17) is 16.3 Å². The predicted octanol–water partition coefficient (Wildman–Crippen LogP) is 3.12. The molecule has 0 unspecified atom stereocenters. The van der Waals surface area contributed by atoms with Crippen molar-refractivity contribution in [1.29, 1.82) is 0 Å². The van der Waals surface area contributed by atoms with Gasteiger partial charge in [0.1, 0.15) is 10.6 Å². The van der Waals surface area contributed by atoms with Crippen molar-refractivity contribution in [3.63, 3.8) is 0 Å². The second-order valence-corrected chi connectivity index (χ2v) is 12.3. The minimum Gasteiger partial charge on any atom is -0.482 e. The van der Waals surface area contributed by atoms with Crippen LogP contribution in [0.3, 0.4) is 0 Å². The van der Waals surface area contributed by atoms with Crippen LogP contribution in [0, 0.1) is 12.8 Å². The van der Waals surface area contributed by atoms with Crippen LogP contribution < -0.4 is 15.0 Å². The number of amides is 2. The van der Waals surface area contributed by atoms with E-state index in [9.17, 15) is 18.0 Å². The number of hydrogen-bond acceptors (Lipinski definition) is 6. The number of carbonyl (C=O) groups is 2. The topological polar surface area (TPSA) is 99.3 Å². The SMILES string of the molecule is Cc1cccc(N2CCN(C(=O)C3CCN(S(=O)(=O)c4cc5c(cc4Cl)NC(=O)CO5)CC3)C[C@H]2C)c1. The van der Waals surface area contributed by atoms with E-state index in [1.807, 2.05) is 4.90 Å². The van der Waals surface area contributed by atoms with Crippen molar-refractivity contribution >= 4 is 44.8 Å². The van der Waals surface area contributed by atoms with Gasteiger partial charge in [-0.15, -0.1) is 0 Å². The predicted molar refractivity (Wildman–Crippen MR) is 142 cm³/mol. The lowest BCUT2D eigenvalue weighted by Crippen LogP contribution is -2.55. The van der Waals surface area contributed by atoms with Crippen molar-refractivity contribution in [2.75, 3.05) is 49.5 Å². The molecule has 2 amide bonds. The number of piperidine rings is 1. The molecular weight excluding hydrogens is 516 g/mol. The fourth-order valence-electron chi connectivity index (χ4n) is 5.37. The van der Waals surface area contributed by atoms with Crippen LogP contribution in [0.25, 0.3) is 0 Å². The molecule has 198 valence electrons. The highest BCUT2D eigenvalue weighted by molar-refractivity contribution is 7.89. The van der Waals surface area contributed by atoms with Gasteiger partial charge in [-0.25, -0.2) is 8.42 Å². The Morgan fingerprint density at radius 3 is 2.57 bits per heavy atom. The molecule has 2 aromatic carbocycles. The normalized spacial score (nSPS) is 21.3. The zero-order valence-electron chi connectivity index (χ0n) is 20.9. The molecule has 0 aliphatic carbocycles. The maximum atomic E-state index is 13.4. The van der Waals surface area contributed by atoms with Crippen LogP contribution in [0.4, 0.5) is 11.4 Å². The molecule has 3 aliphatic heterocycles. The third-order valence-electron chi connectivity index (χ3n) is 7.36. The van der Waals surface area contributed by atoms with Crippen molar-refractivity contribution in [1.82, 2.24) is 9.21 Å². The number of ether oxygens (including phenoxy) is 1. The average Bonchev–Trinajstić information content (AvgIpc) is 2.87. The minimum atomic E-state index is -3.89. The van der Waals surface area contributed by atoms with E-state index in [1.165, 1.54) is 27.7 Å². The van der Waals surface area contributed by atoms with Crippen molar-refractivity contribution in [2.45, 2.75) is 37.6 Å². The van der Waals surface area contributed by atoms with Gasteiger partial charge in [-0.1, -0.05) is 23.7 Å². The summed E-state index contributed by atoms with van der Waals surface area (Å²) in [6.45, 7) is 6.57. The molecule has 1 N–H and O–H groups in total. The fourth-order valence-corrected chi connectivity index (χ4v) is 7.35. The molecule has 1 atom stereocenters. The minimum absolute atomic E-state index is 0.0169. The largest absolute Gasteiger partial charge is 0.482 e. The molecular formula is C26H31ClN4O5S. The molecule has 3 aliphatic rings. The molecule has 9 nitrogen and oxygen atoms in total. The van der Waals surface area contributed by atoms with Gasteiger partial charge in [-0.3, -0.25) is 9.59 Å². The van der Waals surface area contributed by atoms with Crippen LogP contribution in [0.15, 0.2) is 41.3 Å². The van der Waals surface area contributed by atoms with Crippen LogP contribution in [-0.2, 0) is 19.6 Å². The van der Waals surface area contributed by atoms with E-state index < -0.39 is 10.0 Å². The summed E-state index contributed by atoms with van der Waals surface area (Å²) in [5.41, 5.74) is 2.73. The third-order valence-corrected chi connectivity index (χ3v) is 9.72. The maximum absolute atomic E-state index is 13.4. The highest BCUT2D eigenvalue weighted by atomic mass is 35.5. The van der Waals surface area contributed by atoms with Crippen LogP contribution in [0.1, 0.15) is 25.3 Å². The Bertz CT molecular complexity index is 1330. The van der Waals surface area contributed by atoms with Crippen LogP contribution in [0.2, 0.25) is 5.02 Å². The summed E-state index contributed by atoms with van der Waals surface area (Å²) in [5.74, 6) is -0.158. The van der Waals surface area contributed by atoms with E-state index in [0.29, 0.717) is 31.6 Å². The van der Waals surface area contributed by atoms with Crippen LogP contribution >= 0.6 is 11.6 Å². The van der Waals surface area contributed by atoms with E-state index in [1.54, 1.807) is 0 Å². The van der Waals surface area contributed by atoms with Gasteiger partial charge >= 0.3 is 0 Å². The van der Waals surface area contributed by atoms with Crippen molar-refractivity contribution in [2.24, 2.45) is 5.92 Å². The molecule has 0 bridgehead atoms. The molecule has 2 aromatic rings. The van der Waals surface area contributed by atoms with Crippen molar-refractivity contribution < 1.29 is 22.7 Å². The van der Waals surface area contributed by atoms with Crippen LogP contribution in [-0.4, -0.2) is 74.8 Å². The quantitative estimate of drug-likeness (QED) is 0.632. The monoisotopic (exact) mass is 546 g/mol. The number of fused-ring (bicyclic) bond motifs is 1. The number of anilines is 2. The van der Waals surface area contributed by atoms with Gasteiger partial charge in [0.15, 0.2) is 6.61 Å². The first-order valence-corrected chi connectivity index (χ1v) is 14.3. The van der Waals surface area contributed by atoms with Gasteiger partial charge in [-0.05, 0) is 50.5 Å². The lowest BCUT2D eigenvalue weighted by Gasteiger charge is -2.43. The van der Waals surface area contributed by atoms with Crippen molar-refractivity contribution in [3.8, 4) is 5.75 Å². The average molecular weight is 547 g/mol. The number of halogens is 1. The molecule has 0 aromatic heterocycles. The smallest absolute Gasteiger partial charge is 0.262 e. The van der Waals surface area contributed by atoms with E-state index in [0.717, 1.165) is 6.54 Å². The Balaban J connectivity index is 1.21. The second kappa shape index (κ2) is 10.2. The first-order chi connectivity index (χ1) is 17.6. The van der Waals surface area contributed by atoms with Gasteiger partial charge in [-0.2, -0.15) is 4.31 Å². The molecule has 3 heterocycles. The van der Waals surface area contributed by atoms with Crippen LogP contribution in [0.5, 0.6) is 5.75 Å². The first-order valence-electron chi connectivity index (χ1n) is 12.5. The summed E-state index contributed by atoms with van der Waals surface area (Å²) < 4.78 is 33.5. The van der Waals surface area contributed by atoms with E-state index >= 15 is 0 Å². The highest BCUT2D eigenvalue weighted by Crippen LogP contribution is 2.37. The first kappa shape index (κ1) is 25.8. The Hall–Kier alpha value is -2.82. The zero-order valence-corrected chi connectivity index (χ0v) is 22.5. The number of carbonyl (C=O) groups excluding carboxylic acids is 2. The lowest BCUT2D eigenvalue weighted by atomic mass is 9.95. The summed E-state index contributed by atoms with van der Waals surface area (Å²) in [5, 5.41) is 2.64. The molecule has 5 rings (SSSR count). The standard InChI is InChI=1S/C26H31ClN4O5S/c1-17-4-3-5-20(12-17)31-11-10-29(15-18(31)2)26(33)19-6-8-30(9-7-19)37(34,35)24-14-23-22(13-21(24)27)28-25(32)16-36-23/h3-5,12-14,18-19H,6-11,15-16H2,1-2H3,(H,28,32)/t18-/m1/s1. The molecule has 2 fully saturated rings. The number of aryl methyl sites for hydroxylation is 1. The summed E-state index contributed by atoms with van der Waals surface area (Å²) in [6.07, 6.45) is 0.916. The summed E-state index contributed by atoms with van der Waals surface area (Å²) in [6, 6.07) is 11.4. The Labute approximate surface area is 222 Å². The lowest BCUT2D eigenvalue weighted by molar-refractivity contribution is -0.137. The van der Waals surface area contributed by atoms with Gasteiger partial charge in [0, 0.05) is 56.4 Å². The fraction of sp³-hybridized carbons (Fsp3) is 0.462. The highest BCUT2D eigenvalue weighted by Gasteiger charge is 2.37. The number of benzene rings is 2. The Morgan fingerprint density at radius 2 is 1.86 bits per heavy atom. The molecule has 2 saturated heterocycles. The molecule has 11 heteroatoms. The van der Waals surface area contributed by atoms with E-state index in [2.05, 4.69) is 48.3 Å². The summed E-state index contributed by atoms with van der Waals surface area (Å²) in [7, 11) is -3.89.